The molecule has 1 aliphatic rings. The zero-order chi connectivity index (χ0) is 15.7. The highest BCUT2D eigenvalue weighted by Gasteiger charge is 2.24. The number of fused-ring (bicyclic) bond motifs is 1. The van der Waals surface area contributed by atoms with E-state index in [2.05, 4.69) is 16.8 Å². The first-order valence-corrected chi connectivity index (χ1v) is 7.60. The Bertz CT molecular complexity index is 694. The topological polar surface area (TPSA) is 85.3 Å². The molecule has 1 atom stereocenters. The number of nitro benzene ring substituents is 1. The van der Waals surface area contributed by atoms with E-state index in [1.165, 1.54) is 0 Å². The van der Waals surface area contributed by atoms with Gasteiger partial charge >= 0.3 is 0 Å². The first kappa shape index (κ1) is 14.7. The second-order valence-corrected chi connectivity index (χ2v) is 5.94. The summed E-state index contributed by atoms with van der Waals surface area (Å²) in [4.78, 5) is 17.5. The van der Waals surface area contributed by atoms with Crippen LogP contribution in [0.3, 0.4) is 0 Å². The van der Waals surface area contributed by atoms with E-state index in [9.17, 15) is 10.1 Å². The van der Waals surface area contributed by atoms with E-state index in [0.29, 0.717) is 16.8 Å². The van der Waals surface area contributed by atoms with Crippen molar-refractivity contribution in [1.29, 1.82) is 0 Å². The number of hydrogen-bond acceptors (Lipinski definition) is 5. The molecule has 1 aromatic carbocycles. The molecule has 1 aromatic heterocycles. The summed E-state index contributed by atoms with van der Waals surface area (Å²) in [6.45, 7) is 3.88. The number of anilines is 1. The molecule has 22 heavy (non-hydrogen) atoms. The largest absolute Gasteiger partial charge is 0.370 e. The molecule has 1 unspecified atom stereocenters. The molecular formula is C16H20N4O2. The number of aromatic nitrogens is 1. The summed E-state index contributed by atoms with van der Waals surface area (Å²) in [5, 5.41) is 11.8. The van der Waals surface area contributed by atoms with E-state index in [0.717, 1.165) is 31.6 Å². The molecule has 0 aliphatic carbocycles. The molecule has 0 bridgehead atoms. The van der Waals surface area contributed by atoms with Gasteiger partial charge in [0.15, 0.2) is 0 Å². The van der Waals surface area contributed by atoms with Gasteiger partial charge in [-0.05, 0) is 43.9 Å². The summed E-state index contributed by atoms with van der Waals surface area (Å²) in [7, 11) is 0. The maximum Gasteiger partial charge on any atom is 0.278 e. The van der Waals surface area contributed by atoms with Crippen molar-refractivity contribution in [1.82, 2.24) is 4.98 Å². The predicted molar refractivity (Wildman–Crippen MR) is 87.0 cm³/mol. The van der Waals surface area contributed by atoms with Gasteiger partial charge < -0.3 is 10.6 Å². The lowest BCUT2D eigenvalue weighted by Crippen LogP contribution is -2.39. The Hall–Kier alpha value is -2.21. The molecule has 1 fully saturated rings. The Morgan fingerprint density at radius 3 is 2.73 bits per heavy atom. The zero-order valence-corrected chi connectivity index (χ0v) is 12.6. The zero-order valence-electron chi connectivity index (χ0n) is 12.6. The van der Waals surface area contributed by atoms with Gasteiger partial charge in [0.05, 0.1) is 16.0 Å². The minimum Gasteiger partial charge on any atom is -0.370 e. The lowest BCUT2D eigenvalue weighted by atomic mass is 9.90. The van der Waals surface area contributed by atoms with Crippen LogP contribution in [0, 0.1) is 16.0 Å². The van der Waals surface area contributed by atoms with Gasteiger partial charge in [0, 0.05) is 31.4 Å². The summed E-state index contributed by atoms with van der Waals surface area (Å²) in [5.41, 5.74) is 7.78. The van der Waals surface area contributed by atoms with E-state index in [1.54, 1.807) is 24.4 Å². The minimum absolute atomic E-state index is 0.109. The third kappa shape index (κ3) is 2.62. The van der Waals surface area contributed by atoms with E-state index < -0.39 is 0 Å². The molecule has 0 amide bonds. The molecule has 2 N–H and O–H groups in total. The van der Waals surface area contributed by atoms with Crippen LogP contribution >= 0.6 is 0 Å². The molecule has 116 valence electrons. The van der Waals surface area contributed by atoms with Crippen molar-refractivity contribution < 1.29 is 4.92 Å². The summed E-state index contributed by atoms with van der Waals surface area (Å²) in [5.74, 6) is 0.550. The monoisotopic (exact) mass is 300 g/mol. The van der Waals surface area contributed by atoms with Crippen molar-refractivity contribution in [2.24, 2.45) is 11.7 Å². The van der Waals surface area contributed by atoms with Gasteiger partial charge in [-0.25, -0.2) is 0 Å². The van der Waals surface area contributed by atoms with Crippen molar-refractivity contribution >= 4 is 22.3 Å². The van der Waals surface area contributed by atoms with Gasteiger partial charge in [0.25, 0.3) is 5.69 Å². The van der Waals surface area contributed by atoms with E-state index in [1.807, 2.05) is 6.07 Å². The minimum atomic E-state index is -0.351. The fourth-order valence-corrected chi connectivity index (χ4v) is 3.22. The normalized spacial score (nSPS) is 17.6. The Morgan fingerprint density at radius 1 is 1.36 bits per heavy atom. The van der Waals surface area contributed by atoms with Gasteiger partial charge in [-0.15, -0.1) is 0 Å². The fraction of sp³-hybridized carbons (Fsp3) is 0.438. The lowest BCUT2D eigenvalue weighted by molar-refractivity contribution is -0.383. The first-order valence-electron chi connectivity index (χ1n) is 7.60. The summed E-state index contributed by atoms with van der Waals surface area (Å²) < 4.78 is 0. The number of hydrogen-bond donors (Lipinski definition) is 1. The van der Waals surface area contributed by atoms with Crippen LogP contribution in [0.4, 0.5) is 11.4 Å². The van der Waals surface area contributed by atoms with Crippen LogP contribution in [0.15, 0.2) is 30.5 Å². The molecule has 0 saturated carbocycles. The van der Waals surface area contributed by atoms with Crippen LogP contribution in [-0.4, -0.2) is 29.0 Å². The van der Waals surface area contributed by atoms with Gasteiger partial charge in [0.2, 0.25) is 0 Å². The van der Waals surface area contributed by atoms with Gasteiger partial charge in [-0.3, -0.25) is 15.1 Å². The number of benzene rings is 1. The van der Waals surface area contributed by atoms with Crippen LogP contribution in [0.1, 0.15) is 19.8 Å². The highest BCUT2D eigenvalue weighted by molar-refractivity contribution is 5.97. The summed E-state index contributed by atoms with van der Waals surface area (Å²) >= 11 is 0. The third-order valence-electron chi connectivity index (χ3n) is 4.55. The number of non-ortho nitro benzene ring substituents is 1. The van der Waals surface area contributed by atoms with Crippen molar-refractivity contribution in [3.8, 4) is 0 Å². The Morgan fingerprint density at radius 2 is 2.09 bits per heavy atom. The average molecular weight is 300 g/mol. The SMILES string of the molecule is CC(N)C1CCN(c2ccc([N+](=O)[O-])c3cccnc23)CC1. The first-order chi connectivity index (χ1) is 10.6. The van der Waals surface area contributed by atoms with Crippen LogP contribution < -0.4 is 10.6 Å². The Balaban J connectivity index is 1.96. The van der Waals surface area contributed by atoms with Gasteiger partial charge in [-0.1, -0.05) is 0 Å². The highest BCUT2D eigenvalue weighted by Crippen LogP contribution is 2.34. The summed E-state index contributed by atoms with van der Waals surface area (Å²) in [6.07, 6.45) is 3.77. The predicted octanol–water partition coefficient (Wildman–Crippen LogP) is 2.71. The quantitative estimate of drug-likeness (QED) is 0.696. The molecular weight excluding hydrogens is 280 g/mol. The maximum absolute atomic E-state index is 11.2. The van der Waals surface area contributed by atoms with Gasteiger partial charge in [0.1, 0.15) is 5.52 Å². The second kappa shape index (κ2) is 5.88. The number of rotatable bonds is 3. The Kier molecular flexibility index (Phi) is 3.94. The molecule has 1 saturated heterocycles. The van der Waals surface area contributed by atoms with Crippen molar-refractivity contribution in [3.05, 3.63) is 40.6 Å². The van der Waals surface area contributed by atoms with Crippen molar-refractivity contribution in [3.63, 3.8) is 0 Å². The average Bonchev–Trinajstić information content (AvgIpc) is 2.53. The molecule has 6 heteroatoms. The van der Waals surface area contributed by atoms with Crippen molar-refractivity contribution in [2.45, 2.75) is 25.8 Å². The molecule has 6 nitrogen and oxygen atoms in total. The third-order valence-corrected chi connectivity index (χ3v) is 4.55. The molecule has 0 radical (unpaired) electrons. The molecule has 0 spiro atoms. The fourth-order valence-electron chi connectivity index (χ4n) is 3.22. The van der Waals surface area contributed by atoms with Crippen LogP contribution in [0.5, 0.6) is 0 Å². The van der Waals surface area contributed by atoms with Crippen LogP contribution in [-0.2, 0) is 0 Å². The smallest absolute Gasteiger partial charge is 0.278 e. The maximum atomic E-state index is 11.2. The van der Waals surface area contributed by atoms with Crippen molar-refractivity contribution in [2.75, 3.05) is 18.0 Å². The second-order valence-electron chi connectivity index (χ2n) is 5.94. The van der Waals surface area contributed by atoms with Crippen LogP contribution in [0.2, 0.25) is 0 Å². The van der Waals surface area contributed by atoms with E-state index in [4.69, 9.17) is 5.73 Å². The number of nitro groups is 1. The molecule has 3 rings (SSSR count). The van der Waals surface area contributed by atoms with Gasteiger partial charge in [-0.2, -0.15) is 0 Å². The summed E-state index contributed by atoms with van der Waals surface area (Å²) in [6, 6.07) is 7.12. The molecule has 2 heterocycles. The molecule has 1 aliphatic heterocycles. The Labute approximate surface area is 129 Å². The van der Waals surface area contributed by atoms with Crippen LogP contribution in [0.25, 0.3) is 10.9 Å². The number of nitrogens with two attached hydrogens (primary N) is 1. The highest BCUT2D eigenvalue weighted by atomic mass is 16.6. The standard InChI is InChI=1S/C16H20N4O2/c1-11(17)12-6-9-19(10-7-12)15-5-4-14(20(21)22)13-3-2-8-18-16(13)15/h2-5,8,11-12H,6-7,9-10,17H2,1H3. The lowest BCUT2D eigenvalue weighted by Gasteiger charge is -2.35. The van der Waals surface area contributed by atoms with E-state index in [-0.39, 0.29) is 16.7 Å². The number of piperidine rings is 1. The molecule has 2 aromatic rings. The number of nitrogens with zero attached hydrogens (tertiary/aromatic N) is 3. The number of pyridine rings is 1. The van der Waals surface area contributed by atoms with E-state index >= 15 is 0 Å².